The highest BCUT2D eigenvalue weighted by atomic mass is 127. The van der Waals surface area contributed by atoms with Crippen molar-refractivity contribution in [3.8, 4) is 5.75 Å². The zero-order chi connectivity index (χ0) is 20.2. The number of amides is 1. The number of ether oxygens (including phenoxy) is 1. The SMILES string of the molecule is CN=C(NCC(=O)N(C)CC(F)(F)F)NC1CC(C)(C)Oc2ccccc21.I. The molecule has 0 bridgehead atoms. The minimum atomic E-state index is -4.43. The Kier molecular flexibility index (Phi) is 8.39. The van der Waals surface area contributed by atoms with Crippen LogP contribution in [0.5, 0.6) is 5.75 Å². The van der Waals surface area contributed by atoms with E-state index in [1.54, 1.807) is 0 Å². The van der Waals surface area contributed by atoms with Gasteiger partial charge in [-0.25, -0.2) is 0 Å². The summed E-state index contributed by atoms with van der Waals surface area (Å²) in [4.78, 5) is 16.6. The zero-order valence-electron chi connectivity index (χ0n) is 16.3. The van der Waals surface area contributed by atoms with E-state index >= 15 is 0 Å². The van der Waals surface area contributed by atoms with E-state index in [-0.39, 0.29) is 36.6 Å². The number of rotatable bonds is 4. The van der Waals surface area contributed by atoms with Crippen molar-refractivity contribution in [2.45, 2.75) is 38.1 Å². The average Bonchev–Trinajstić information content (AvgIpc) is 2.55. The molecule has 0 aromatic heterocycles. The van der Waals surface area contributed by atoms with Gasteiger partial charge in [0.2, 0.25) is 5.91 Å². The van der Waals surface area contributed by atoms with Crippen molar-refractivity contribution in [3.05, 3.63) is 29.8 Å². The van der Waals surface area contributed by atoms with E-state index in [1.165, 1.54) is 7.05 Å². The third-order valence-corrected chi connectivity index (χ3v) is 4.16. The van der Waals surface area contributed by atoms with Crippen LogP contribution in [0.2, 0.25) is 0 Å². The number of guanidine groups is 1. The third kappa shape index (κ3) is 7.02. The normalized spacial score (nSPS) is 18.2. The molecule has 1 unspecified atom stereocenters. The van der Waals surface area contributed by atoms with Crippen LogP contribution in [0.15, 0.2) is 29.3 Å². The second-order valence-corrected chi connectivity index (χ2v) is 7.09. The van der Waals surface area contributed by atoms with E-state index < -0.39 is 24.2 Å². The van der Waals surface area contributed by atoms with Gasteiger partial charge in [-0.3, -0.25) is 9.79 Å². The molecule has 0 aliphatic carbocycles. The van der Waals surface area contributed by atoms with Gasteiger partial charge in [-0.15, -0.1) is 24.0 Å². The molecular weight excluding hydrogens is 488 g/mol. The predicted molar refractivity (Wildman–Crippen MR) is 112 cm³/mol. The number of nitrogens with zero attached hydrogens (tertiary/aromatic N) is 2. The molecule has 0 radical (unpaired) electrons. The summed E-state index contributed by atoms with van der Waals surface area (Å²) < 4.78 is 43.1. The van der Waals surface area contributed by atoms with Gasteiger partial charge in [-0.05, 0) is 19.9 Å². The number of carbonyl (C=O) groups excluding carboxylic acids is 1. The number of alkyl halides is 3. The van der Waals surface area contributed by atoms with Gasteiger partial charge >= 0.3 is 6.18 Å². The summed E-state index contributed by atoms with van der Waals surface area (Å²) >= 11 is 0. The molecule has 1 atom stereocenters. The first-order valence-corrected chi connectivity index (χ1v) is 8.56. The molecule has 0 saturated heterocycles. The molecule has 1 aromatic carbocycles. The van der Waals surface area contributed by atoms with Crippen molar-refractivity contribution in [1.29, 1.82) is 0 Å². The first-order chi connectivity index (χ1) is 12.5. The monoisotopic (exact) mass is 514 g/mol. The van der Waals surface area contributed by atoms with Crippen LogP contribution >= 0.6 is 24.0 Å². The third-order valence-electron chi connectivity index (χ3n) is 4.16. The van der Waals surface area contributed by atoms with Gasteiger partial charge in [0.1, 0.15) is 17.9 Å². The van der Waals surface area contributed by atoms with E-state index in [9.17, 15) is 18.0 Å². The van der Waals surface area contributed by atoms with Crippen LogP contribution in [-0.4, -0.2) is 55.7 Å². The molecule has 10 heteroatoms. The lowest BCUT2D eigenvalue weighted by Gasteiger charge is -2.38. The topological polar surface area (TPSA) is 66.0 Å². The van der Waals surface area contributed by atoms with E-state index in [4.69, 9.17) is 4.74 Å². The van der Waals surface area contributed by atoms with Crippen LogP contribution in [-0.2, 0) is 4.79 Å². The van der Waals surface area contributed by atoms with Crippen molar-refractivity contribution >= 4 is 35.8 Å². The molecule has 2 rings (SSSR count). The lowest BCUT2D eigenvalue weighted by molar-refractivity contribution is -0.157. The lowest BCUT2D eigenvalue weighted by atomic mass is 9.90. The Bertz CT molecular complexity index is 710. The molecule has 1 heterocycles. The molecular formula is C18H26F3IN4O2. The van der Waals surface area contributed by atoms with Gasteiger partial charge in [0.15, 0.2) is 5.96 Å². The molecule has 6 nitrogen and oxygen atoms in total. The van der Waals surface area contributed by atoms with Crippen LogP contribution in [0.3, 0.4) is 0 Å². The Morgan fingerprint density at radius 2 is 2.00 bits per heavy atom. The summed E-state index contributed by atoms with van der Waals surface area (Å²) in [7, 11) is 2.65. The summed E-state index contributed by atoms with van der Waals surface area (Å²) in [6.07, 6.45) is -3.77. The van der Waals surface area contributed by atoms with Crippen LogP contribution in [0.1, 0.15) is 31.9 Å². The number of likely N-dealkylation sites (N-methyl/N-ethyl adjacent to an activating group) is 1. The van der Waals surface area contributed by atoms with Crippen molar-refractivity contribution < 1.29 is 22.7 Å². The van der Waals surface area contributed by atoms with Crippen molar-refractivity contribution in [3.63, 3.8) is 0 Å². The highest BCUT2D eigenvalue weighted by Crippen LogP contribution is 2.39. The first kappa shape index (κ1) is 24.3. The van der Waals surface area contributed by atoms with Crippen molar-refractivity contribution in [2.75, 3.05) is 27.2 Å². The number of para-hydroxylation sites is 1. The summed E-state index contributed by atoms with van der Waals surface area (Å²) in [5, 5.41) is 6.01. The van der Waals surface area contributed by atoms with Gasteiger partial charge in [-0.2, -0.15) is 13.2 Å². The molecule has 1 aromatic rings. The summed E-state index contributed by atoms with van der Waals surface area (Å²) in [6, 6.07) is 7.51. The zero-order valence-corrected chi connectivity index (χ0v) is 18.6. The van der Waals surface area contributed by atoms with E-state index in [2.05, 4.69) is 15.6 Å². The highest BCUT2D eigenvalue weighted by Gasteiger charge is 2.34. The standard InChI is InChI=1S/C18H25F3N4O2.HI/c1-17(2)9-13(12-7-5-6-8-14(12)27-17)24-16(22-3)23-10-15(26)25(4)11-18(19,20)21;/h5-8,13H,9-11H2,1-4H3,(H2,22,23,24);1H. The fourth-order valence-corrected chi connectivity index (χ4v) is 2.94. The Morgan fingerprint density at radius 3 is 2.61 bits per heavy atom. The van der Waals surface area contributed by atoms with Gasteiger partial charge in [0, 0.05) is 26.1 Å². The average molecular weight is 514 g/mol. The quantitative estimate of drug-likeness (QED) is 0.369. The number of hydrogen-bond acceptors (Lipinski definition) is 3. The van der Waals surface area contributed by atoms with Crippen LogP contribution in [0, 0.1) is 0 Å². The van der Waals surface area contributed by atoms with Gasteiger partial charge in [0.25, 0.3) is 0 Å². The summed E-state index contributed by atoms with van der Waals surface area (Å²) in [5.41, 5.74) is 0.563. The van der Waals surface area contributed by atoms with Crippen molar-refractivity contribution in [1.82, 2.24) is 15.5 Å². The second kappa shape index (κ2) is 9.66. The molecule has 1 aliphatic rings. The molecule has 2 N–H and O–H groups in total. The lowest BCUT2D eigenvalue weighted by Crippen LogP contribution is -2.48. The van der Waals surface area contributed by atoms with Crippen LogP contribution in [0.4, 0.5) is 13.2 Å². The smallest absolute Gasteiger partial charge is 0.406 e. The predicted octanol–water partition coefficient (Wildman–Crippen LogP) is 3.09. The summed E-state index contributed by atoms with van der Waals surface area (Å²) in [6.45, 7) is 2.37. The largest absolute Gasteiger partial charge is 0.487 e. The maximum Gasteiger partial charge on any atom is 0.406 e. The van der Waals surface area contributed by atoms with E-state index in [0.717, 1.165) is 18.4 Å². The number of hydrogen-bond donors (Lipinski definition) is 2. The van der Waals surface area contributed by atoms with E-state index in [1.807, 2.05) is 38.1 Å². The fourth-order valence-electron chi connectivity index (χ4n) is 2.94. The number of fused-ring (bicyclic) bond motifs is 1. The Labute approximate surface area is 179 Å². The Morgan fingerprint density at radius 1 is 1.36 bits per heavy atom. The molecule has 0 spiro atoms. The van der Waals surface area contributed by atoms with Crippen molar-refractivity contribution in [2.24, 2.45) is 4.99 Å². The number of aliphatic imine (C=N–C) groups is 1. The minimum absolute atomic E-state index is 0. The van der Waals surface area contributed by atoms with Gasteiger partial charge in [-0.1, -0.05) is 18.2 Å². The second-order valence-electron chi connectivity index (χ2n) is 7.09. The molecule has 28 heavy (non-hydrogen) atoms. The Balaban J connectivity index is 0.00000392. The fraction of sp³-hybridized carbons (Fsp3) is 0.556. The molecule has 158 valence electrons. The maximum atomic E-state index is 12.4. The van der Waals surface area contributed by atoms with Crippen LogP contribution < -0.4 is 15.4 Å². The minimum Gasteiger partial charge on any atom is -0.487 e. The number of halogens is 4. The van der Waals surface area contributed by atoms with Crippen LogP contribution in [0.25, 0.3) is 0 Å². The van der Waals surface area contributed by atoms with E-state index in [0.29, 0.717) is 17.3 Å². The summed E-state index contributed by atoms with van der Waals surface area (Å²) in [5.74, 6) is 0.423. The molecule has 0 saturated carbocycles. The molecule has 1 amide bonds. The first-order valence-electron chi connectivity index (χ1n) is 8.56. The van der Waals surface area contributed by atoms with Gasteiger partial charge < -0.3 is 20.3 Å². The maximum absolute atomic E-state index is 12.4. The number of benzene rings is 1. The van der Waals surface area contributed by atoms with Gasteiger partial charge in [0.05, 0.1) is 12.6 Å². The highest BCUT2D eigenvalue weighted by molar-refractivity contribution is 14.0. The number of nitrogens with one attached hydrogen (secondary N) is 2. The number of carbonyl (C=O) groups is 1. The molecule has 1 aliphatic heterocycles. The Hall–Kier alpha value is -1.72. The molecule has 0 fully saturated rings.